The lowest BCUT2D eigenvalue weighted by Gasteiger charge is -2.39. The maximum Gasteiger partial charge on any atom is 0.244 e. The van der Waals surface area contributed by atoms with Crippen LogP contribution in [0.4, 0.5) is 0 Å². The third-order valence-electron chi connectivity index (χ3n) is 6.29. The molecule has 2 aliphatic rings. The first-order valence-electron chi connectivity index (χ1n) is 10.7. The number of nitrogens with zero attached hydrogens (tertiary/aromatic N) is 2. The number of sulfone groups is 1. The molecule has 1 saturated carbocycles. The van der Waals surface area contributed by atoms with Crippen molar-refractivity contribution in [2.75, 3.05) is 26.2 Å². The van der Waals surface area contributed by atoms with Crippen molar-refractivity contribution in [2.45, 2.75) is 62.0 Å². The molecule has 0 unspecified atom stereocenters. The van der Waals surface area contributed by atoms with Crippen LogP contribution in [0.3, 0.4) is 0 Å². The highest BCUT2D eigenvalue weighted by atomic mass is 35.5. The molecule has 166 valence electrons. The van der Waals surface area contributed by atoms with Gasteiger partial charge in [0.25, 0.3) is 0 Å². The van der Waals surface area contributed by atoms with Crippen molar-refractivity contribution in [3.63, 3.8) is 0 Å². The average Bonchev–Trinajstić information content (AvgIpc) is 3.24. The zero-order valence-electron chi connectivity index (χ0n) is 17.8. The van der Waals surface area contributed by atoms with Gasteiger partial charge in [-0.05, 0) is 49.4 Å². The van der Waals surface area contributed by atoms with E-state index >= 15 is 0 Å². The number of benzene rings is 1. The number of carbonyl (C=O) groups is 2. The molecule has 3 rings (SSSR count). The fourth-order valence-corrected chi connectivity index (χ4v) is 6.66. The van der Waals surface area contributed by atoms with Crippen LogP contribution in [-0.2, 0) is 19.4 Å². The molecule has 2 amide bonds. The molecular formula is C22H31ClN2O4S. The molecule has 0 N–H and O–H groups in total. The van der Waals surface area contributed by atoms with Gasteiger partial charge in [-0.1, -0.05) is 38.3 Å². The van der Waals surface area contributed by atoms with Gasteiger partial charge >= 0.3 is 0 Å². The van der Waals surface area contributed by atoms with Gasteiger partial charge in [-0.25, -0.2) is 8.42 Å². The summed E-state index contributed by atoms with van der Waals surface area (Å²) in [6, 6.07) is 6.05. The Morgan fingerprint density at radius 1 is 1.00 bits per heavy atom. The summed E-state index contributed by atoms with van der Waals surface area (Å²) >= 11 is 5.92. The fourth-order valence-electron chi connectivity index (χ4n) is 4.40. The van der Waals surface area contributed by atoms with E-state index in [1.807, 2.05) is 0 Å². The van der Waals surface area contributed by atoms with Crippen LogP contribution in [0.1, 0.15) is 52.4 Å². The van der Waals surface area contributed by atoms with Crippen molar-refractivity contribution in [1.29, 1.82) is 0 Å². The Bertz CT molecular complexity index is 869. The monoisotopic (exact) mass is 454 g/mol. The van der Waals surface area contributed by atoms with E-state index in [1.165, 1.54) is 12.1 Å². The lowest BCUT2D eigenvalue weighted by atomic mass is 10.0. The molecule has 1 aromatic carbocycles. The van der Waals surface area contributed by atoms with E-state index < -0.39 is 14.6 Å². The van der Waals surface area contributed by atoms with Gasteiger partial charge in [0.2, 0.25) is 11.8 Å². The first kappa shape index (κ1) is 23.1. The summed E-state index contributed by atoms with van der Waals surface area (Å²) in [7, 11) is -3.84. The minimum absolute atomic E-state index is 0.111. The van der Waals surface area contributed by atoms with E-state index in [9.17, 15) is 18.0 Å². The largest absolute Gasteiger partial charge is 0.339 e. The van der Waals surface area contributed by atoms with Gasteiger partial charge in [0, 0.05) is 37.6 Å². The maximum absolute atomic E-state index is 13.5. The van der Waals surface area contributed by atoms with Crippen molar-refractivity contribution < 1.29 is 18.0 Å². The van der Waals surface area contributed by atoms with Crippen molar-refractivity contribution in [1.82, 2.24) is 9.80 Å². The highest BCUT2D eigenvalue weighted by Crippen LogP contribution is 2.42. The van der Waals surface area contributed by atoms with Crippen molar-refractivity contribution >= 4 is 33.3 Å². The van der Waals surface area contributed by atoms with Gasteiger partial charge in [0.05, 0.1) is 4.90 Å². The van der Waals surface area contributed by atoms with Gasteiger partial charge in [-0.2, -0.15) is 0 Å². The Morgan fingerprint density at radius 3 is 2.07 bits per heavy atom. The van der Waals surface area contributed by atoms with Crippen LogP contribution in [0.2, 0.25) is 5.02 Å². The number of amides is 2. The Labute approximate surface area is 184 Å². The minimum atomic E-state index is -3.84. The maximum atomic E-state index is 13.5. The van der Waals surface area contributed by atoms with E-state index in [2.05, 4.69) is 13.8 Å². The molecule has 2 fully saturated rings. The minimum Gasteiger partial charge on any atom is -0.339 e. The first-order valence-corrected chi connectivity index (χ1v) is 12.6. The standard InChI is InChI=1S/C22H31ClN2O4S/c1-17(2)5-10-20(26)24-13-15-25(16-14-24)21(27)22(11-3-4-12-22)30(28,29)19-8-6-18(23)7-9-19/h6-9,17H,3-5,10-16H2,1-2H3. The molecule has 6 nitrogen and oxygen atoms in total. The summed E-state index contributed by atoms with van der Waals surface area (Å²) in [4.78, 5) is 29.5. The van der Waals surface area contributed by atoms with Gasteiger partial charge in [0.15, 0.2) is 14.6 Å². The highest BCUT2D eigenvalue weighted by Gasteiger charge is 2.54. The van der Waals surface area contributed by atoms with E-state index in [0.717, 1.165) is 6.42 Å². The molecule has 30 heavy (non-hydrogen) atoms. The van der Waals surface area contributed by atoms with E-state index in [1.54, 1.807) is 21.9 Å². The molecule has 1 aromatic rings. The van der Waals surface area contributed by atoms with Crippen LogP contribution in [0.5, 0.6) is 0 Å². The number of hydrogen-bond acceptors (Lipinski definition) is 4. The van der Waals surface area contributed by atoms with Crippen LogP contribution in [-0.4, -0.2) is 61.0 Å². The summed E-state index contributed by atoms with van der Waals surface area (Å²) in [6.45, 7) is 5.85. The summed E-state index contributed by atoms with van der Waals surface area (Å²) in [5, 5.41) is 0.457. The molecule has 0 atom stereocenters. The van der Waals surface area contributed by atoms with Crippen molar-refractivity contribution in [3.8, 4) is 0 Å². The third kappa shape index (κ3) is 4.52. The Balaban J connectivity index is 1.74. The van der Waals surface area contributed by atoms with Crippen molar-refractivity contribution in [2.24, 2.45) is 5.92 Å². The zero-order chi connectivity index (χ0) is 21.9. The van der Waals surface area contributed by atoms with Crippen LogP contribution in [0, 0.1) is 5.92 Å². The second-order valence-corrected chi connectivity index (χ2v) is 11.5. The first-order chi connectivity index (χ1) is 14.2. The van der Waals surface area contributed by atoms with Gasteiger partial charge in [-0.15, -0.1) is 0 Å². The summed E-state index contributed by atoms with van der Waals surface area (Å²) in [5.74, 6) is 0.265. The van der Waals surface area contributed by atoms with Crippen LogP contribution >= 0.6 is 11.6 Å². The van der Waals surface area contributed by atoms with Crippen LogP contribution in [0.15, 0.2) is 29.2 Å². The zero-order valence-corrected chi connectivity index (χ0v) is 19.3. The van der Waals surface area contributed by atoms with Gasteiger partial charge < -0.3 is 9.80 Å². The predicted octanol–water partition coefficient (Wildman–Crippen LogP) is 3.53. The predicted molar refractivity (Wildman–Crippen MR) is 117 cm³/mol. The molecule has 0 bridgehead atoms. The van der Waals surface area contributed by atoms with E-state index in [-0.39, 0.29) is 16.7 Å². The molecule has 1 aliphatic carbocycles. The summed E-state index contributed by atoms with van der Waals surface area (Å²) in [5.41, 5.74) is 0. The lowest BCUT2D eigenvalue weighted by molar-refractivity contribution is -0.141. The average molecular weight is 455 g/mol. The molecule has 1 heterocycles. The van der Waals surface area contributed by atoms with Gasteiger partial charge in [0.1, 0.15) is 0 Å². The Hall–Kier alpha value is -1.60. The van der Waals surface area contributed by atoms with Crippen molar-refractivity contribution in [3.05, 3.63) is 29.3 Å². The molecule has 1 aliphatic heterocycles. The Kier molecular flexibility index (Phi) is 7.13. The van der Waals surface area contributed by atoms with Crippen LogP contribution < -0.4 is 0 Å². The number of rotatable bonds is 6. The quantitative estimate of drug-likeness (QED) is 0.658. The Morgan fingerprint density at radius 2 is 1.53 bits per heavy atom. The molecular weight excluding hydrogens is 424 g/mol. The third-order valence-corrected chi connectivity index (χ3v) is 9.05. The second-order valence-electron chi connectivity index (χ2n) is 8.76. The topological polar surface area (TPSA) is 74.8 Å². The molecule has 0 spiro atoms. The second kappa shape index (κ2) is 9.27. The number of carbonyl (C=O) groups excluding carboxylic acids is 2. The lowest BCUT2D eigenvalue weighted by Crippen LogP contribution is -2.58. The highest BCUT2D eigenvalue weighted by molar-refractivity contribution is 7.93. The fraction of sp³-hybridized carbons (Fsp3) is 0.636. The SMILES string of the molecule is CC(C)CCC(=O)N1CCN(C(=O)C2(S(=O)(=O)c3ccc(Cl)cc3)CCCC2)CC1. The molecule has 1 saturated heterocycles. The molecule has 0 radical (unpaired) electrons. The number of hydrogen-bond donors (Lipinski definition) is 0. The van der Waals surface area contributed by atoms with E-state index in [0.29, 0.717) is 69.2 Å². The number of halogens is 1. The van der Waals surface area contributed by atoms with Crippen LogP contribution in [0.25, 0.3) is 0 Å². The summed E-state index contributed by atoms with van der Waals surface area (Å²) in [6.07, 6.45) is 3.47. The smallest absolute Gasteiger partial charge is 0.244 e. The molecule has 8 heteroatoms. The number of piperazine rings is 1. The van der Waals surface area contributed by atoms with Gasteiger partial charge in [-0.3, -0.25) is 9.59 Å². The normalized spacial score (nSPS) is 19.3. The van der Waals surface area contributed by atoms with E-state index in [4.69, 9.17) is 11.6 Å². The molecule has 0 aromatic heterocycles. The summed E-state index contributed by atoms with van der Waals surface area (Å²) < 4.78 is 25.6.